The van der Waals surface area contributed by atoms with Crippen LogP contribution in [-0.4, -0.2) is 38.9 Å². The topological polar surface area (TPSA) is 77.0 Å². The smallest absolute Gasteiger partial charge is 0.251 e. The second-order valence-corrected chi connectivity index (χ2v) is 5.07. The summed E-state index contributed by atoms with van der Waals surface area (Å²) in [6.07, 6.45) is -0.862. The maximum Gasteiger partial charge on any atom is 0.251 e. The number of rotatable bonds is 7. The van der Waals surface area contributed by atoms with Gasteiger partial charge in [0.25, 0.3) is 5.91 Å². The van der Waals surface area contributed by atoms with Gasteiger partial charge in [0, 0.05) is 12.1 Å². The van der Waals surface area contributed by atoms with E-state index in [4.69, 9.17) is 14.2 Å². The van der Waals surface area contributed by atoms with Crippen molar-refractivity contribution in [1.29, 1.82) is 0 Å². The molecule has 0 aliphatic rings. The predicted octanol–water partition coefficient (Wildman–Crippen LogP) is 2.18. The van der Waals surface area contributed by atoms with Crippen LogP contribution in [-0.2, 0) is 0 Å². The molecule has 0 spiro atoms. The van der Waals surface area contributed by atoms with Crippen molar-refractivity contribution >= 4 is 5.91 Å². The zero-order valence-electron chi connectivity index (χ0n) is 13.9. The average molecular weight is 331 g/mol. The molecule has 0 heterocycles. The Labute approximate surface area is 141 Å². The molecule has 0 aliphatic heterocycles. The minimum Gasteiger partial charge on any atom is -0.497 e. The Bertz CT molecular complexity index is 702. The number of hydrogen-bond acceptors (Lipinski definition) is 5. The quantitative estimate of drug-likeness (QED) is 0.813. The molecule has 128 valence electrons. The largest absolute Gasteiger partial charge is 0.497 e. The average Bonchev–Trinajstić information content (AvgIpc) is 2.65. The van der Waals surface area contributed by atoms with Crippen LogP contribution in [0, 0.1) is 0 Å². The van der Waals surface area contributed by atoms with Crippen LogP contribution in [0.15, 0.2) is 42.5 Å². The van der Waals surface area contributed by atoms with Crippen molar-refractivity contribution in [2.75, 3.05) is 27.9 Å². The summed E-state index contributed by atoms with van der Waals surface area (Å²) in [4.78, 5) is 12.1. The molecule has 6 nitrogen and oxygen atoms in total. The van der Waals surface area contributed by atoms with Crippen molar-refractivity contribution in [2.24, 2.45) is 0 Å². The van der Waals surface area contributed by atoms with E-state index in [-0.39, 0.29) is 12.5 Å². The van der Waals surface area contributed by atoms with Gasteiger partial charge in [-0.25, -0.2) is 0 Å². The minimum absolute atomic E-state index is 0.0749. The molecule has 0 saturated heterocycles. The number of nitrogens with one attached hydrogen (secondary N) is 1. The Hall–Kier alpha value is -2.73. The van der Waals surface area contributed by atoms with Crippen LogP contribution in [0.4, 0.5) is 0 Å². The summed E-state index contributed by atoms with van der Waals surface area (Å²) in [7, 11) is 4.61. The van der Waals surface area contributed by atoms with E-state index in [1.54, 1.807) is 49.6 Å². The second-order valence-electron chi connectivity index (χ2n) is 5.07. The van der Waals surface area contributed by atoms with Gasteiger partial charge in [0.15, 0.2) is 11.5 Å². The predicted molar refractivity (Wildman–Crippen MR) is 89.8 cm³/mol. The van der Waals surface area contributed by atoms with Crippen LogP contribution in [0.25, 0.3) is 0 Å². The van der Waals surface area contributed by atoms with Crippen LogP contribution in [0.3, 0.4) is 0 Å². The highest BCUT2D eigenvalue weighted by Crippen LogP contribution is 2.29. The number of carbonyl (C=O) groups is 1. The normalized spacial score (nSPS) is 11.5. The van der Waals surface area contributed by atoms with Gasteiger partial charge in [-0.05, 0) is 35.9 Å². The Kier molecular flexibility index (Phi) is 6.03. The molecular formula is C18H21NO5. The Morgan fingerprint density at radius 3 is 2.46 bits per heavy atom. The molecule has 0 aromatic heterocycles. The maximum absolute atomic E-state index is 12.1. The number of benzene rings is 2. The van der Waals surface area contributed by atoms with Gasteiger partial charge in [-0.1, -0.05) is 12.1 Å². The summed E-state index contributed by atoms with van der Waals surface area (Å²) in [5.41, 5.74) is 1.09. The van der Waals surface area contributed by atoms with Crippen LogP contribution in [0.2, 0.25) is 0 Å². The fourth-order valence-electron chi connectivity index (χ4n) is 2.23. The number of methoxy groups -OCH3 is 3. The molecule has 6 heteroatoms. The van der Waals surface area contributed by atoms with Crippen LogP contribution >= 0.6 is 0 Å². The first kappa shape index (κ1) is 17.6. The van der Waals surface area contributed by atoms with Gasteiger partial charge in [-0.15, -0.1) is 0 Å². The zero-order valence-corrected chi connectivity index (χ0v) is 13.9. The third kappa shape index (κ3) is 4.17. The first-order valence-electron chi connectivity index (χ1n) is 7.41. The highest BCUT2D eigenvalue weighted by atomic mass is 16.5. The molecule has 1 atom stereocenters. The molecular weight excluding hydrogens is 310 g/mol. The first-order valence-corrected chi connectivity index (χ1v) is 7.41. The van der Waals surface area contributed by atoms with E-state index in [1.165, 1.54) is 14.2 Å². The van der Waals surface area contributed by atoms with E-state index in [2.05, 4.69) is 5.32 Å². The van der Waals surface area contributed by atoms with Crippen LogP contribution in [0.5, 0.6) is 17.2 Å². The van der Waals surface area contributed by atoms with Crippen molar-refractivity contribution in [3.63, 3.8) is 0 Å². The van der Waals surface area contributed by atoms with Gasteiger partial charge >= 0.3 is 0 Å². The molecule has 1 unspecified atom stereocenters. The van der Waals surface area contributed by atoms with Crippen molar-refractivity contribution in [1.82, 2.24) is 5.32 Å². The molecule has 0 saturated carbocycles. The number of carbonyl (C=O) groups excluding carboxylic acids is 1. The molecule has 1 amide bonds. The lowest BCUT2D eigenvalue weighted by molar-refractivity contribution is 0.0916. The maximum atomic E-state index is 12.1. The third-order valence-corrected chi connectivity index (χ3v) is 3.58. The highest BCUT2D eigenvalue weighted by Gasteiger charge is 2.14. The van der Waals surface area contributed by atoms with Crippen molar-refractivity contribution in [3.05, 3.63) is 53.6 Å². The number of aliphatic hydroxyl groups is 1. The lowest BCUT2D eigenvalue weighted by Crippen LogP contribution is -2.28. The molecule has 0 fully saturated rings. The second kappa shape index (κ2) is 8.21. The Morgan fingerprint density at radius 1 is 1.04 bits per heavy atom. The molecule has 24 heavy (non-hydrogen) atoms. The summed E-state index contributed by atoms with van der Waals surface area (Å²) in [6.45, 7) is 0.0749. The van der Waals surface area contributed by atoms with Crippen molar-refractivity contribution < 1.29 is 24.1 Å². The summed E-state index contributed by atoms with van der Waals surface area (Å²) in [5, 5.41) is 13.0. The third-order valence-electron chi connectivity index (χ3n) is 3.58. The summed E-state index contributed by atoms with van der Waals surface area (Å²) >= 11 is 0. The van der Waals surface area contributed by atoms with Gasteiger partial charge < -0.3 is 24.6 Å². The van der Waals surface area contributed by atoms with E-state index in [9.17, 15) is 9.90 Å². The summed E-state index contributed by atoms with van der Waals surface area (Å²) in [5.74, 6) is 1.42. The zero-order chi connectivity index (χ0) is 17.5. The van der Waals surface area contributed by atoms with E-state index in [1.807, 2.05) is 0 Å². The van der Waals surface area contributed by atoms with Crippen LogP contribution in [0.1, 0.15) is 22.0 Å². The number of hydrogen-bond donors (Lipinski definition) is 2. The number of aliphatic hydroxyl groups excluding tert-OH is 1. The fourth-order valence-corrected chi connectivity index (χ4v) is 2.23. The lowest BCUT2D eigenvalue weighted by Gasteiger charge is -2.15. The number of ether oxygens (including phenoxy) is 3. The summed E-state index contributed by atoms with van der Waals surface area (Å²) < 4.78 is 15.5. The molecule has 0 radical (unpaired) electrons. The molecule has 2 aromatic carbocycles. The molecule has 2 aromatic rings. The van der Waals surface area contributed by atoms with Crippen molar-refractivity contribution in [2.45, 2.75) is 6.10 Å². The number of amides is 1. The standard InChI is InChI=1S/C18H21NO5/c1-22-14-6-4-5-13(9-14)18(21)19-11-15(20)12-7-8-16(23-2)17(10-12)24-3/h4-10,15,20H,11H2,1-3H3,(H,19,21). The highest BCUT2D eigenvalue weighted by molar-refractivity contribution is 5.94. The Morgan fingerprint density at radius 2 is 1.79 bits per heavy atom. The van der Waals surface area contributed by atoms with Crippen LogP contribution < -0.4 is 19.5 Å². The van der Waals surface area contributed by atoms with Crippen molar-refractivity contribution in [3.8, 4) is 17.2 Å². The molecule has 0 bridgehead atoms. The van der Waals surface area contributed by atoms with Gasteiger partial charge in [-0.2, -0.15) is 0 Å². The summed E-state index contributed by atoms with van der Waals surface area (Å²) in [6, 6.07) is 11.9. The van der Waals surface area contributed by atoms with Gasteiger partial charge in [-0.3, -0.25) is 4.79 Å². The fraction of sp³-hybridized carbons (Fsp3) is 0.278. The monoisotopic (exact) mass is 331 g/mol. The SMILES string of the molecule is COc1cccc(C(=O)NCC(O)c2ccc(OC)c(OC)c2)c1. The first-order chi connectivity index (χ1) is 11.6. The van der Waals surface area contributed by atoms with Gasteiger partial charge in [0.2, 0.25) is 0 Å². The molecule has 0 aliphatic carbocycles. The van der Waals surface area contributed by atoms with Gasteiger partial charge in [0.05, 0.1) is 27.4 Å². The minimum atomic E-state index is -0.862. The van der Waals surface area contributed by atoms with Gasteiger partial charge in [0.1, 0.15) is 5.75 Å². The molecule has 2 N–H and O–H groups in total. The molecule has 2 rings (SSSR count). The van der Waals surface area contributed by atoms with E-state index in [0.29, 0.717) is 28.4 Å². The Balaban J connectivity index is 2.02. The van der Waals surface area contributed by atoms with E-state index < -0.39 is 6.10 Å². The lowest BCUT2D eigenvalue weighted by atomic mass is 10.1. The van der Waals surface area contributed by atoms with E-state index in [0.717, 1.165) is 0 Å². The van der Waals surface area contributed by atoms with E-state index >= 15 is 0 Å².